The molecule has 1 aliphatic rings. The number of hydrogen-bond acceptors (Lipinski definition) is 3. The van der Waals surface area contributed by atoms with Gasteiger partial charge in [0.2, 0.25) is 5.91 Å². The van der Waals surface area contributed by atoms with Crippen LogP contribution in [0.4, 0.5) is 0 Å². The predicted molar refractivity (Wildman–Crippen MR) is 102 cm³/mol. The van der Waals surface area contributed by atoms with Gasteiger partial charge in [-0.3, -0.25) is 4.79 Å². The fourth-order valence-electron chi connectivity index (χ4n) is 3.16. The van der Waals surface area contributed by atoms with E-state index in [1.165, 1.54) is 5.56 Å². The highest BCUT2D eigenvalue weighted by molar-refractivity contribution is 5.76. The summed E-state index contributed by atoms with van der Waals surface area (Å²) in [5.41, 5.74) is 2.36. The zero-order valence-electron chi connectivity index (χ0n) is 15.6. The van der Waals surface area contributed by atoms with Crippen molar-refractivity contribution >= 4 is 5.91 Å². The van der Waals surface area contributed by atoms with Crippen LogP contribution in [0, 0.1) is 6.92 Å². The van der Waals surface area contributed by atoms with Crippen molar-refractivity contribution < 1.29 is 14.3 Å². The van der Waals surface area contributed by atoms with E-state index in [0.29, 0.717) is 32.6 Å². The van der Waals surface area contributed by atoms with Crippen LogP contribution >= 0.6 is 0 Å². The van der Waals surface area contributed by atoms with Gasteiger partial charge in [-0.25, -0.2) is 0 Å². The normalized spacial score (nSPS) is 20.0. The van der Waals surface area contributed by atoms with E-state index in [-0.39, 0.29) is 18.1 Å². The monoisotopic (exact) mass is 353 g/mol. The summed E-state index contributed by atoms with van der Waals surface area (Å²) in [5.74, 6) is 1.02. The molecule has 4 heteroatoms. The number of benzene rings is 2. The summed E-state index contributed by atoms with van der Waals surface area (Å²) in [5, 5.41) is 0. The van der Waals surface area contributed by atoms with E-state index in [0.717, 1.165) is 11.3 Å². The molecule has 0 bridgehead atoms. The summed E-state index contributed by atoms with van der Waals surface area (Å²) in [6.45, 7) is 5.86. The molecule has 1 aliphatic heterocycles. The zero-order valence-corrected chi connectivity index (χ0v) is 15.6. The number of para-hydroxylation sites is 1. The lowest BCUT2D eigenvalue weighted by atomic mass is 10.0. The Bertz CT molecular complexity index is 699. The second-order valence-electron chi connectivity index (χ2n) is 6.89. The third-order valence-electron chi connectivity index (χ3n) is 4.75. The molecule has 26 heavy (non-hydrogen) atoms. The molecule has 2 unspecified atom stereocenters. The van der Waals surface area contributed by atoms with Crippen LogP contribution in [-0.4, -0.2) is 36.6 Å². The van der Waals surface area contributed by atoms with Crippen molar-refractivity contribution in [3.8, 4) is 5.75 Å². The molecule has 1 amide bonds. The first-order valence-corrected chi connectivity index (χ1v) is 9.29. The number of nitrogens with zero attached hydrogens (tertiary/aromatic N) is 1. The highest BCUT2D eigenvalue weighted by atomic mass is 16.5. The Labute approximate surface area is 155 Å². The van der Waals surface area contributed by atoms with Gasteiger partial charge in [-0.2, -0.15) is 0 Å². The number of carbonyl (C=O) groups is 1. The molecule has 0 N–H and O–H groups in total. The number of carbonyl (C=O) groups excluding carboxylic acids is 1. The van der Waals surface area contributed by atoms with Crippen molar-refractivity contribution in [3.63, 3.8) is 0 Å². The lowest BCUT2D eigenvalue weighted by Gasteiger charge is -2.38. The average molecular weight is 353 g/mol. The predicted octanol–water partition coefficient (Wildman–Crippen LogP) is 4.14. The molecule has 2 atom stereocenters. The topological polar surface area (TPSA) is 38.8 Å². The van der Waals surface area contributed by atoms with Gasteiger partial charge in [-0.1, -0.05) is 48.0 Å². The zero-order chi connectivity index (χ0) is 18.4. The molecule has 0 spiro atoms. The van der Waals surface area contributed by atoms with Gasteiger partial charge >= 0.3 is 0 Å². The maximum absolute atomic E-state index is 12.7. The Kier molecular flexibility index (Phi) is 6.29. The smallest absolute Gasteiger partial charge is 0.223 e. The Hall–Kier alpha value is -2.33. The molecule has 0 aromatic heterocycles. The molecule has 0 radical (unpaired) electrons. The van der Waals surface area contributed by atoms with E-state index in [4.69, 9.17) is 9.47 Å². The summed E-state index contributed by atoms with van der Waals surface area (Å²) in [6, 6.07) is 18.2. The van der Waals surface area contributed by atoms with Crippen molar-refractivity contribution in [1.82, 2.24) is 4.90 Å². The van der Waals surface area contributed by atoms with Crippen LogP contribution in [0.3, 0.4) is 0 Å². The van der Waals surface area contributed by atoms with Gasteiger partial charge in [-0.05, 0) is 38.0 Å². The SMILES string of the molecule is Cc1ccc(C2CN(C(=O)CCCOc3ccccc3)C(C)CO2)cc1. The number of aryl methyl sites for hydroxylation is 1. The van der Waals surface area contributed by atoms with Crippen molar-refractivity contribution in [2.75, 3.05) is 19.8 Å². The van der Waals surface area contributed by atoms with Gasteiger partial charge in [0, 0.05) is 6.42 Å². The maximum Gasteiger partial charge on any atom is 0.223 e. The van der Waals surface area contributed by atoms with Gasteiger partial charge in [0.15, 0.2) is 0 Å². The van der Waals surface area contributed by atoms with Crippen LogP contribution in [0.1, 0.15) is 37.0 Å². The highest BCUT2D eigenvalue weighted by Gasteiger charge is 2.30. The summed E-state index contributed by atoms with van der Waals surface area (Å²) in [6.07, 6.45) is 1.17. The lowest BCUT2D eigenvalue weighted by Crippen LogP contribution is -2.48. The standard InChI is InChI=1S/C22H27NO3/c1-17-10-12-19(13-11-17)21-15-23(18(2)16-26-21)22(24)9-6-14-25-20-7-4-3-5-8-20/h3-5,7-8,10-13,18,21H,6,9,14-16H2,1-2H3. The molecule has 0 saturated carbocycles. The molecular weight excluding hydrogens is 326 g/mol. The van der Waals surface area contributed by atoms with E-state index in [9.17, 15) is 4.79 Å². The molecule has 2 aromatic rings. The Morgan fingerprint density at radius 3 is 2.62 bits per heavy atom. The summed E-state index contributed by atoms with van der Waals surface area (Å²) in [7, 11) is 0. The fourth-order valence-corrected chi connectivity index (χ4v) is 3.16. The fraction of sp³-hybridized carbons (Fsp3) is 0.409. The second kappa shape index (κ2) is 8.86. The van der Waals surface area contributed by atoms with E-state index in [1.807, 2.05) is 42.2 Å². The van der Waals surface area contributed by atoms with Crippen molar-refractivity contribution in [2.45, 2.75) is 38.8 Å². The summed E-state index contributed by atoms with van der Waals surface area (Å²) >= 11 is 0. The molecule has 4 nitrogen and oxygen atoms in total. The lowest BCUT2D eigenvalue weighted by molar-refractivity contribution is -0.144. The molecular formula is C22H27NO3. The minimum atomic E-state index is -0.0451. The Morgan fingerprint density at radius 2 is 1.88 bits per heavy atom. The molecule has 3 rings (SSSR count). The van der Waals surface area contributed by atoms with Gasteiger partial charge in [0.1, 0.15) is 11.9 Å². The van der Waals surface area contributed by atoms with Crippen LogP contribution in [0.2, 0.25) is 0 Å². The van der Waals surface area contributed by atoms with E-state index in [1.54, 1.807) is 0 Å². The second-order valence-corrected chi connectivity index (χ2v) is 6.89. The molecule has 2 aromatic carbocycles. The quantitative estimate of drug-likeness (QED) is 0.733. The molecule has 1 saturated heterocycles. The van der Waals surface area contributed by atoms with Gasteiger partial charge < -0.3 is 14.4 Å². The molecule has 138 valence electrons. The van der Waals surface area contributed by atoms with Crippen LogP contribution < -0.4 is 4.74 Å². The Balaban J connectivity index is 1.49. The first-order valence-electron chi connectivity index (χ1n) is 9.29. The van der Waals surface area contributed by atoms with Crippen molar-refractivity contribution in [1.29, 1.82) is 0 Å². The number of rotatable bonds is 6. The third kappa shape index (κ3) is 4.85. The van der Waals surface area contributed by atoms with Gasteiger partial charge in [0.05, 0.1) is 25.8 Å². The van der Waals surface area contributed by atoms with E-state index in [2.05, 4.69) is 31.2 Å². The van der Waals surface area contributed by atoms with Crippen molar-refractivity contribution in [2.24, 2.45) is 0 Å². The third-order valence-corrected chi connectivity index (χ3v) is 4.75. The minimum Gasteiger partial charge on any atom is -0.494 e. The average Bonchev–Trinajstić information content (AvgIpc) is 2.67. The van der Waals surface area contributed by atoms with Crippen LogP contribution in [-0.2, 0) is 9.53 Å². The van der Waals surface area contributed by atoms with Crippen LogP contribution in [0.25, 0.3) is 0 Å². The van der Waals surface area contributed by atoms with Gasteiger partial charge in [0.25, 0.3) is 0 Å². The largest absolute Gasteiger partial charge is 0.494 e. The van der Waals surface area contributed by atoms with Crippen molar-refractivity contribution in [3.05, 3.63) is 65.7 Å². The number of hydrogen-bond donors (Lipinski definition) is 0. The first-order chi connectivity index (χ1) is 12.6. The highest BCUT2D eigenvalue weighted by Crippen LogP contribution is 2.25. The number of ether oxygens (including phenoxy) is 2. The van der Waals surface area contributed by atoms with Crippen LogP contribution in [0.5, 0.6) is 5.75 Å². The maximum atomic E-state index is 12.7. The minimum absolute atomic E-state index is 0.0451. The number of morpholine rings is 1. The Morgan fingerprint density at radius 1 is 1.15 bits per heavy atom. The van der Waals surface area contributed by atoms with E-state index >= 15 is 0 Å². The summed E-state index contributed by atoms with van der Waals surface area (Å²) < 4.78 is 11.6. The number of amides is 1. The molecule has 1 fully saturated rings. The molecule has 0 aliphatic carbocycles. The summed E-state index contributed by atoms with van der Waals surface area (Å²) in [4.78, 5) is 14.6. The molecule has 1 heterocycles. The van der Waals surface area contributed by atoms with Crippen LogP contribution in [0.15, 0.2) is 54.6 Å². The first kappa shape index (κ1) is 18.5. The van der Waals surface area contributed by atoms with E-state index < -0.39 is 0 Å². The van der Waals surface area contributed by atoms with Gasteiger partial charge in [-0.15, -0.1) is 0 Å².